The molecule has 0 aliphatic heterocycles. The molecule has 0 unspecified atom stereocenters. The predicted molar refractivity (Wildman–Crippen MR) is 73.2 cm³/mol. The van der Waals surface area contributed by atoms with E-state index in [4.69, 9.17) is 5.73 Å². The molecule has 102 valence electrons. The van der Waals surface area contributed by atoms with Crippen LogP contribution in [0, 0.1) is 22.7 Å². The Labute approximate surface area is 109 Å². The van der Waals surface area contributed by atoms with Crippen molar-refractivity contribution in [2.45, 2.75) is 53.4 Å². The Morgan fingerprint density at radius 1 is 1.44 bits per heavy atom. The highest BCUT2D eigenvalue weighted by Crippen LogP contribution is 2.67. The van der Waals surface area contributed by atoms with Crippen molar-refractivity contribution in [3.8, 4) is 0 Å². The lowest BCUT2D eigenvalue weighted by molar-refractivity contribution is 0.152. The highest BCUT2D eigenvalue weighted by atomic mass is 16.2. The monoisotopic (exact) mass is 251 g/mol. The number of amides is 2. The predicted octanol–water partition coefficient (Wildman–Crippen LogP) is 2.88. The van der Waals surface area contributed by atoms with E-state index in [0.717, 1.165) is 12.1 Å². The second-order valence-corrected chi connectivity index (χ2v) is 6.67. The van der Waals surface area contributed by atoms with Crippen LogP contribution in [0.25, 0.3) is 0 Å². The first kappa shape index (κ1) is 13.4. The van der Waals surface area contributed by atoms with Crippen molar-refractivity contribution in [3.63, 3.8) is 0 Å². The Morgan fingerprint density at radius 2 is 2.11 bits per heavy atom. The number of hydrazone groups is 1. The number of primary amides is 1. The van der Waals surface area contributed by atoms with Crippen molar-refractivity contribution in [2.24, 2.45) is 33.5 Å². The van der Waals surface area contributed by atoms with Gasteiger partial charge in [0.1, 0.15) is 0 Å². The van der Waals surface area contributed by atoms with Gasteiger partial charge in [-0.2, -0.15) is 5.10 Å². The summed E-state index contributed by atoms with van der Waals surface area (Å²) in [4.78, 5) is 10.8. The Balaban J connectivity index is 2.21. The molecule has 0 aromatic carbocycles. The van der Waals surface area contributed by atoms with E-state index >= 15 is 0 Å². The molecule has 3 atom stereocenters. The van der Waals surface area contributed by atoms with Gasteiger partial charge >= 0.3 is 6.03 Å². The third-order valence-electron chi connectivity index (χ3n) is 5.75. The molecule has 2 aliphatic carbocycles. The Bertz CT molecular complexity index is 386. The van der Waals surface area contributed by atoms with Gasteiger partial charge in [-0.1, -0.05) is 27.7 Å². The van der Waals surface area contributed by atoms with Crippen LogP contribution in [0.3, 0.4) is 0 Å². The molecule has 0 saturated heterocycles. The molecule has 4 heteroatoms. The molecule has 2 fully saturated rings. The van der Waals surface area contributed by atoms with E-state index in [1.807, 2.05) is 0 Å². The lowest BCUT2D eigenvalue weighted by Crippen LogP contribution is -2.30. The zero-order valence-corrected chi connectivity index (χ0v) is 11.9. The molecule has 3 N–H and O–H groups in total. The fourth-order valence-electron chi connectivity index (χ4n) is 4.20. The number of hydrogen-bond donors (Lipinski definition) is 2. The minimum Gasteiger partial charge on any atom is -0.350 e. The van der Waals surface area contributed by atoms with Crippen LogP contribution in [0.15, 0.2) is 5.10 Å². The van der Waals surface area contributed by atoms with E-state index in [9.17, 15) is 4.79 Å². The molecule has 2 saturated carbocycles. The van der Waals surface area contributed by atoms with Gasteiger partial charge in [-0.3, -0.25) is 0 Å². The SMILES string of the molecule is CCC(=NNC(N)=O)[C@@H]1C[C@@]2(C)CC[C@@H]1C2(C)C. The number of nitrogens with one attached hydrogen (secondary N) is 1. The van der Waals surface area contributed by atoms with Crippen molar-refractivity contribution in [1.82, 2.24) is 5.43 Å². The summed E-state index contributed by atoms with van der Waals surface area (Å²) in [6.07, 6.45) is 4.68. The summed E-state index contributed by atoms with van der Waals surface area (Å²) >= 11 is 0. The highest BCUT2D eigenvalue weighted by Gasteiger charge is 2.61. The number of hydrogen-bond acceptors (Lipinski definition) is 2. The van der Waals surface area contributed by atoms with E-state index in [0.29, 0.717) is 22.7 Å². The standard InChI is InChI=1S/C14H25N3O/c1-5-11(16-17-12(15)18)9-8-14(4)7-6-10(9)13(14,2)3/h9-10H,5-8H2,1-4H3,(H3,15,17,18)/t9-,10+,14-/m1/s1. The molecule has 0 aromatic heterocycles. The minimum absolute atomic E-state index is 0.375. The summed E-state index contributed by atoms with van der Waals surface area (Å²) in [6, 6.07) is -0.574. The van der Waals surface area contributed by atoms with Gasteiger partial charge in [0.05, 0.1) is 0 Å². The lowest BCUT2D eigenvalue weighted by atomic mass is 9.71. The molecule has 2 rings (SSSR count). The van der Waals surface area contributed by atoms with Crippen LogP contribution in [0.2, 0.25) is 0 Å². The summed E-state index contributed by atoms with van der Waals surface area (Å²) < 4.78 is 0. The van der Waals surface area contributed by atoms with Crippen molar-refractivity contribution in [1.29, 1.82) is 0 Å². The Morgan fingerprint density at radius 3 is 2.50 bits per heavy atom. The fraction of sp³-hybridized carbons (Fsp3) is 0.857. The number of carbonyl (C=O) groups excluding carboxylic acids is 1. The summed E-state index contributed by atoms with van der Waals surface area (Å²) in [5.41, 5.74) is 9.40. The van der Waals surface area contributed by atoms with Crippen LogP contribution >= 0.6 is 0 Å². The molecular weight excluding hydrogens is 226 g/mol. The first-order chi connectivity index (χ1) is 8.32. The number of carbonyl (C=O) groups is 1. The molecule has 0 radical (unpaired) electrons. The summed E-state index contributed by atoms with van der Waals surface area (Å²) in [5.74, 6) is 1.20. The van der Waals surface area contributed by atoms with Crippen molar-refractivity contribution in [2.75, 3.05) is 0 Å². The minimum atomic E-state index is -0.574. The molecular formula is C14H25N3O. The van der Waals surface area contributed by atoms with E-state index in [1.54, 1.807) is 0 Å². The Hall–Kier alpha value is -1.06. The summed E-state index contributed by atoms with van der Waals surface area (Å²) in [5, 5.41) is 4.23. The maximum Gasteiger partial charge on any atom is 0.332 e. The van der Waals surface area contributed by atoms with Gasteiger partial charge < -0.3 is 5.73 Å². The van der Waals surface area contributed by atoms with Crippen LogP contribution in [0.4, 0.5) is 4.79 Å². The van der Waals surface area contributed by atoms with Crippen LogP contribution in [0.5, 0.6) is 0 Å². The van der Waals surface area contributed by atoms with Crippen molar-refractivity contribution in [3.05, 3.63) is 0 Å². The van der Waals surface area contributed by atoms with Gasteiger partial charge in [-0.25, -0.2) is 10.2 Å². The maximum atomic E-state index is 10.8. The first-order valence-corrected chi connectivity index (χ1v) is 6.93. The molecule has 2 amide bonds. The molecule has 0 heterocycles. The van der Waals surface area contributed by atoms with E-state index in [2.05, 4.69) is 38.2 Å². The molecule has 18 heavy (non-hydrogen) atoms. The van der Waals surface area contributed by atoms with Crippen LogP contribution in [-0.2, 0) is 0 Å². The zero-order valence-electron chi connectivity index (χ0n) is 11.9. The first-order valence-electron chi connectivity index (χ1n) is 6.93. The molecule has 0 spiro atoms. The van der Waals surface area contributed by atoms with E-state index in [1.165, 1.54) is 19.3 Å². The van der Waals surface area contributed by atoms with Gasteiger partial charge in [0.2, 0.25) is 0 Å². The smallest absolute Gasteiger partial charge is 0.332 e. The third kappa shape index (κ3) is 1.82. The summed E-state index contributed by atoms with van der Waals surface area (Å²) in [7, 11) is 0. The summed E-state index contributed by atoms with van der Waals surface area (Å²) in [6.45, 7) is 9.28. The molecule has 2 bridgehead atoms. The molecule has 0 aromatic rings. The second-order valence-electron chi connectivity index (χ2n) is 6.67. The van der Waals surface area contributed by atoms with Gasteiger partial charge in [-0.15, -0.1) is 0 Å². The van der Waals surface area contributed by atoms with Crippen LogP contribution < -0.4 is 11.2 Å². The molecule has 4 nitrogen and oxygen atoms in total. The lowest BCUT2D eigenvalue weighted by Gasteiger charge is -2.34. The number of nitrogens with two attached hydrogens (primary N) is 1. The van der Waals surface area contributed by atoms with Gasteiger partial charge in [0.15, 0.2) is 0 Å². The quantitative estimate of drug-likeness (QED) is 0.588. The van der Waals surface area contributed by atoms with E-state index in [-0.39, 0.29) is 0 Å². The maximum absolute atomic E-state index is 10.8. The van der Waals surface area contributed by atoms with Gasteiger partial charge in [0.25, 0.3) is 0 Å². The van der Waals surface area contributed by atoms with E-state index < -0.39 is 6.03 Å². The van der Waals surface area contributed by atoms with Gasteiger partial charge in [-0.05, 0) is 42.4 Å². The third-order valence-corrected chi connectivity index (χ3v) is 5.75. The topological polar surface area (TPSA) is 67.5 Å². The Kier molecular flexibility index (Phi) is 3.16. The van der Waals surface area contributed by atoms with Crippen LogP contribution in [-0.4, -0.2) is 11.7 Å². The number of rotatable bonds is 3. The van der Waals surface area contributed by atoms with Crippen molar-refractivity contribution < 1.29 is 4.79 Å². The normalized spacial score (nSPS) is 37.9. The fourth-order valence-corrected chi connectivity index (χ4v) is 4.20. The van der Waals surface area contributed by atoms with Crippen LogP contribution in [0.1, 0.15) is 53.4 Å². The number of fused-ring (bicyclic) bond motifs is 2. The number of urea groups is 1. The molecule has 2 aliphatic rings. The average Bonchev–Trinajstić information content (AvgIpc) is 2.61. The highest BCUT2D eigenvalue weighted by molar-refractivity contribution is 5.88. The largest absolute Gasteiger partial charge is 0.350 e. The zero-order chi connectivity index (χ0) is 13.6. The number of nitrogens with zero attached hydrogens (tertiary/aromatic N) is 1. The second kappa shape index (κ2) is 4.25. The van der Waals surface area contributed by atoms with Crippen molar-refractivity contribution >= 4 is 11.7 Å². The average molecular weight is 251 g/mol. The van der Waals surface area contributed by atoms with Gasteiger partial charge in [0, 0.05) is 11.6 Å².